The summed E-state index contributed by atoms with van der Waals surface area (Å²) >= 11 is 0. The largest absolute Gasteiger partial charge is 0.444 e. The Labute approximate surface area is 183 Å². The number of benzene rings is 1. The van der Waals surface area contributed by atoms with Gasteiger partial charge in [-0.05, 0) is 56.4 Å². The highest BCUT2D eigenvalue weighted by Crippen LogP contribution is 2.19. The summed E-state index contributed by atoms with van der Waals surface area (Å²) in [6, 6.07) is 6.12. The summed E-state index contributed by atoms with van der Waals surface area (Å²) in [4.78, 5) is 9.08. The van der Waals surface area contributed by atoms with Crippen molar-refractivity contribution in [2.75, 3.05) is 46.1 Å². The van der Waals surface area contributed by atoms with Crippen LogP contribution in [-0.2, 0) is 15.9 Å². The van der Waals surface area contributed by atoms with Crippen LogP contribution in [0, 0.1) is 11.7 Å². The smallest absolute Gasteiger partial charge is 0.226 e. The van der Waals surface area contributed by atoms with Gasteiger partial charge in [-0.25, -0.2) is 9.37 Å². The number of ether oxygens (including phenoxy) is 2. The van der Waals surface area contributed by atoms with Crippen LogP contribution >= 0.6 is 0 Å². The van der Waals surface area contributed by atoms with E-state index in [4.69, 9.17) is 13.9 Å². The van der Waals surface area contributed by atoms with Crippen LogP contribution < -0.4 is 10.6 Å². The molecule has 3 rings (SSSR count). The summed E-state index contributed by atoms with van der Waals surface area (Å²) in [7, 11) is 0. The first-order valence-corrected chi connectivity index (χ1v) is 11.1. The molecule has 170 valence electrons. The third-order valence-corrected chi connectivity index (χ3v) is 5.07. The van der Waals surface area contributed by atoms with Crippen molar-refractivity contribution in [1.82, 2.24) is 15.6 Å². The highest BCUT2D eigenvalue weighted by atomic mass is 19.1. The Morgan fingerprint density at radius 2 is 2.03 bits per heavy atom. The molecule has 0 amide bonds. The SMILES string of the molecule is CCNC(=NCCCOCC1CCOCC1)NCCc1coc(-c2ccc(F)cc2)n1. The first kappa shape index (κ1) is 23.2. The van der Waals surface area contributed by atoms with Crippen LogP contribution in [0.25, 0.3) is 11.5 Å². The van der Waals surface area contributed by atoms with E-state index < -0.39 is 0 Å². The van der Waals surface area contributed by atoms with Crippen molar-refractivity contribution in [2.24, 2.45) is 10.9 Å². The van der Waals surface area contributed by atoms with E-state index in [9.17, 15) is 4.39 Å². The third-order valence-electron chi connectivity index (χ3n) is 5.07. The summed E-state index contributed by atoms with van der Waals surface area (Å²) in [5, 5.41) is 6.57. The van der Waals surface area contributed by atoms with Gasteiger partial charge in [0.1, 0.15) is 12.1 Å². The molecular formula is C23H33FN4O3. The van der Waals surface area contributed by atoms with Crippen molar-refractivity contribution in [2.45, 2.75) is 32.6 Å². The van der Waals surface area contributed by atoms with E-state index in [1.54, 1.807) is 18.4 Å². The average molecular weight is 433 g/mol. The lowest BCUT2D eigenvalue weighted by Gasteiger charge is -2.21. The molecule has 2 aromatic rings. The van der Waals surface area contributed by atoms with Crippen molar-refractivity contribution < 1.29 is 18.3 Å². The average Bonchev–Trinajstić information content (AvgIpc) is 3.26. The predicted molar refractivity (Wildman–Crippen MR) is 119 cm³/mol. The summed E-state index contributed by atoms with van der Waals surface area (Å²) in [5.74, 6) is 1.64. The Morgan fingerprint density at radius 3 is 2.81 bits per heavy atom. The molecule has 0 atom stereocenters. The summed E-state index contributed by atoms with van der Waals surface area (Å²) in [6.07, 6.45) is 5.43. The fourth-order valence-electron chi connectivity index (χ4n) is 3.32. The summed E-state index contributed by atoms with van der Waals surface area (Å²) in [5.41, 5.74) is 1.60. The van der Waals surface area contributed by atoms with Crippen LogP contribution in [0.15, 0.2) is 39.9 Å². The number of hydrogen-bond acceptors (Lipinski definition) is 5. The van der Waals surface area contributed by atoms with E-state index in [2.05, 4.69) is 20.6 Å². The maximum atomic E-state index is 13.1. The van der Waals surface area contributed by atoms with Crippen LogP contribution in [0.4, 0.5) is 4.39 Å². The second kappa shape index (κ2) is 13.1. The van der Waals surface area contributed by atoms with Crippen LogP contribution in [0.2, 0.25) is 0 Å². The Balaban J connectivity index is 1.34. The molecule has 31 heavy (non-hydrogen) atoms. The van der Waals surface area contributed by atoms with E-state index in [0.29, 0.717) is 31.3 Å². The van der Waals surface area contributed by atoms with E-state index in [1.807, 2.05) is 6.92 Å². The van der Waals surface area contributed by atoms with E-state index in [-0.39, 0.29) is 5.82 Å². The molecule has 1 aliphatic heterocycles. The standard InChI is InChI=1S/C23H33FN4O3/c1-2-25-23(26-11-3-13-30-16-18-9-14-29-15-10-18)27-12-8-21-17-31-22(28-21)19-4-6-20(24)7-5-19/h4-7,17-18H,2-3,8-16H2,1H3,(H2,25,26,27). The van der Waals surface area contributed by atoms with Gasteiger partial charge >= 0.3 is 0 Å². The maximum absolute atomic E-state index is 13.1. The van der Waals surface area contributed by atoms with Crippen molar-refractivity contribution in [3.05, 3.63) is 42.0 Å². The van der Waals surface area contributed by atoms with Crippen LogP contribution in [0.5, 0.6) is 0 Å². The van der Waals surface area contributed by atoms with Gasteiger partial charge < -0.3 is 24.5 Å². The number of aliphatic imine (C=N–C) groups is 1. The molecule has 2 N–H and O–H groups in total. The van der Waals surface area contributed by atoms with Gasteiger partial charge in [0.05, 0.1) is 5.69 Å². The van der Waals surface area contributed by atoms with Crippen LogP contribution in [-0.4, -0.2) is 57.0 Å². The lowest BCUT2D eigenvalue weighted by molar-refractivity contribution is 0.0205. The topological polar surface area (TPSA) is 80.9 Å². The second-order valence-corrected chi connectivity index (χ2v) is 7.57. The van der Waals surface area contributed by atoms with Crippen LogP contribution in [0.3, 0.4) is 0 Å². The Bertz CT molecular complexity index is 788. The molecule has 2 heterocycles. The molecule has 1 saturated heterocycles. The Kier molecular flexibility index (Phi) is 9.79. The lowest BCUT2D eigenvalue weighted by Crippen LogP contribution is -2.38. The molecule has 1 aromatic carbocycles. The number of aromatic nitrogens is 1. The quantitative estimate of drug-likeness (QED) is 0.322. The number of guanidine groups is 1. The van der Waals surface area contributed by atoms with Crippen molar-refractivity contribution in [3.63, 3.8) is 0 Å². The number of oxazole rings is 1. The van der Waals surface area contributed by atoms with Gasteiger partial charge in [-0.1, -0.05) is 0 Å². The monoisotopic (exact) mass is 432 g/mol. The minimum Gasteiger partial charge on any atom is -0.444 e. The van der Waals surface area contributed by atoms with Crippen molar-refractivity contribution in [1.29, 1.82) is 0 Å². The van der Waals surface area contributed by atoms with E-state index in [0.717, 1.165) is 69.5 Å². The first-order chi connectivity index (χ1) is 15.2. The number of hydrogen-bond donors (Lipinski definition) is 2. The van der Waals surface area contributed by atoms with Gasteiger partial charge in [-0.15, -0.1) is 0 Å². The highest BCUT2D eigenvalue weighted by molar-refractivity contribution is 5.79. The first-order valence-electron chi connectivity index (χ1n) is 11.1. The molecule has 0 aliphatic carbocycles. The van der Waals surface area contributed by atoms with Gasteiger partial charge in [0.25, 0.3) is 0 Å². The zero-order valence-corrected chi connectivity index (χ0v) is 18.2. The summed E-state index contributed by atoms with van der Waals surface area (Å²) < 4.78 is 29.7. The molecule has 7 nitrogen and oxygen atoms in total. The Morgan fingerprint density at radius 1 is 1.23 bits per heavy atom. The number of rotatable bonds is 11. The molecule has 1 aliphatic rings. The van der Waals surface area contributed by atoms with Crippen LogP contribution in [0.1, 0.15) is 31.9 Å². The van der Waals surface area contributed by atoms with Gasteiger partial charge in [-0.2, -0.15) is 0 Å². The number of nitrogens with one attached hydrogen (secondary N) is 2. The summed E-state index contributed by atoms with van der Waals surface area (Å²) in [6.45, 7) is 7.50. The van der Waals surface area contributed by atoms with Gasteiger partial charge in [0, 0.05) is 58.0 Å². The van der Waals surface area contributed by atoms with Crippen molar-refractivity contribution >= 4 is 5.96 Å². The molecule has 1 fully saturated rings. The van der Waals surface area contributed by atoms with Gasteiger partial charge in [0.2, 0.25) is 5.89 Å². The number of halogens is 1. The number of nitrogens with zero attached hydrogens (tertiary/aromatic N) is 2. The zero-order chi connectivity index (χ0) is 21.7. The predicted octanol–water partition coefficient (Wildman–Crippen LogP) is 3.41. The van der Waals surface area contributed by atoms with Gasteiger partial charge in [-0.3, -0.25) is 4.99 Å². The normalized spacial score (nSPS) is 15.2. The molecule has 0 spiro atoms. The Hall–Kier alpha value is -2.45. The zero-order valence-electron chi connectivity index (χ0n) is 18.2. The van der Waals surface area contributed by atoms with E-state index in [1.165, 1.54) is 12.1 Å². The minimum atomic E-state index is -0.277. The maximum Gasteiger partial charge on any atom is 0.226 e. The molecule has 0 unspecified atom stereocenters. The second-order valence-electron chi connectivity index (χ2n) is 7.57. The van der Waals surface area contributed by atoms with Gasteiger partial charge in [0.15, 0.2) is 5.96 Å². The molecule has 8 heteroatoms. The van der Waals surface area contributed by atoms with Crippen molar-refractivity contribution in [3.8, 4) is 11.5 Å². The molecule has 0 bridgehead atoms. The fourth-order valence-corrected chi connectivity index (χ4v) is 3.32. The molecule has 0 saturated carbocycles. The minimum absolute atomic E-state index is 0.277. The molecule has 0 radical (unpaired) electrons. The molecular weight excluding hydrogens is 399 g/mol. The highest BCUT2D eigenvalue weighted by Gasteiger charge is 2.13. The molecule has 1 aromatic heterocycles. The fraction of sp³-hybridized carbons (Fsp3) is 0.565. The van der Waals surface area contributed by atoms with E-state index >= 15 is 0 Å². The lowest BCUT2D eigenvalue weighted by atomic mass is 10.0. The third kappa shape index (κ3) is 8.30.